The van der Waals surface area contributed by atoms with E-state index in [2.05, 4.69) is 14.9 Å². The maximum Gasteiger partial charge on any atom is 0.343 e. The molecule has 1 rings (SSSR count). The van der Waals surface area contributed by atoms with E-state index in [9.17, 15) is 14.8 Å². The first-order valence-electron chi connectivity index (χ1n) is 4.03. The molecular formula is C8H10N2O4. The third-order valence-corrected chi connectivity index (χ3v) is 1.71. The number of carbonyl (C=O) groups excluding carboxylic acids is 1. The quantitative estimate of drug-likeness (QED) is 0.570. The molecule has 1 heterocycles. The van der Waals surface area contributed by atoms with E-state index in [1.54, 1.807) is 13.8 Å². The van der Waals surface area contributed by atoms with Crippen LogP contribution in [0, 0.1) is 11.8 Å². The number of carbonyl (C=O) groups is 1. The lowest BCUT2D eigenvalue weighted by Crippen LogP contribution is -2.05. The second-order valence-corrected chi connectivity index (χ2v) is 2.63. The number of rotatable bonds is 3. The summed E-state index contributed by atoms with van der Waals surface area (Å²) in [6.07, 6.45) is 0. The van der Waals surface area contributed by atoms with Crippen LogP contribution < -0.4 is 0 Å². The van der Waals surface area contributed by atoms with Gasteiger partial charge in [0.15, 0.2) is 5.75 Å². The number of aromatic hydroxyl groups is 1. The molecule has 0 atom stereocenters. The predicted octanol–water partition coefficient (Wildman–Crippen LogP) is 1.60. The third-order valence-electron chi connectivity index (χ3n) is 1.71. The Hall–Kier alpha value is -1.85. The van der Waals surface area contributed by atoms with Gasteiger partial charge in [0.25, 0.3) is 0 Å². The summed E-state index contributed by atoms with van der Waals surface area (Å²) in [7, 11) is 0. The van der Waals surface area contributed by atoms with E-state index >= 15 is 0 Å². The molecule has 0 radical (unpaired) electrons. The zero-order chi connectivity index (χ0) is 10.7. The number of aromatic amines is 1. The fourth-order valence-corrected chi connectivity index (χ4v) is 1.11. The van der Waals surface area contributed by atoms with Crippen LogP contribution in [0.1, 0.15) is 23.0 Å². The SMILES string of the molecule is CCOC(=O)c1c(C)[nH]c(N=O)c1O. The number of aromatic nitrogens is 1. The van der Waals surface area contributed by atoms with Crippen LogP contribution in [0.4, 0.5) is 5.82 Å². The van der Waals surface area contributed by atoms with E-state index in [1.807, 2.05) is 0 Å². The molecule has 76 valence electrons. The molecule has 6 nitrogen and oxygen atoms in total. The van der Waals surface area contributed by atoms with Gasteiger partial charge in [-0.2, -0.15) is 0 Å². The summed E-state index contributed by atoms with van der Waals surface area (Å²) in [5.74, 6) is -1.39. The number of ether oxygens (including phenoxy) is 1. The number of hydrogen-bond acceptors (Lipinski definition) is 5. The Labute approximate surface area is 79.9 Å². The predicted molar refractivity (Wildman–Crippen MR) is 48.6 cm³/mol. The van der Waals surface area contributed by atoms with Crippen molar-refractivity contribution in [3.63, 3.8) is 0 Å². The number of nitroso groups, excluding NO2 is 1. The van der Waals surface area contributed by atoms with Gasteiger partial charge in [-0.15, -0.1) is 4.91 Å². The van der Waals surface area contributed by atoms with E-state index in [0.29, 0.717) is 5.69 Å². The highest BCUT2D eigenvalue weighted by atomic mass is 16.5. The highest BCUT2D eigenvalue weighted by Gasteiger charge is 2.22. The highest BCUT2D eigenvalue weighted by Crippen LogP contribution is 2.32. The first kappa shape index (κ1) is 10.2. The van der Waals surface area contributed by atoms with Crippen LogP contribution in [0.25, 0.3) is 0 Å². The average Bonchev–Trinajstić information content (AvgIpc) is 2.41. The molecule has 0 aliphatic carbocycles. The molecule has 0 saturated heterocycles. The minimum Gasteiger partial charge on any atom is -0.504 e. The number of aryl methyl sites for hydroxylation is 1. The molecule has 0 fully saturated rings. The molecule has 0 aromatic carbocycles. The van der Waals surface area contributed by atoms with Crippen LogP contribution in [-0.4, -0.2) is 22.7 Å². The van der Waals surface area contributed by atoms with Crippen molar-refractivity contribution in [1.29, 1.82) is 0 Å². The lowest BCUT2D eigenvalue weighted by Gasteiger charge is -2.00. The molecule has 0 aliphatic heterocycles. The molecule has 0 aliphatic rings. The fraction of sp³-hybridized carbons (Fsp3) is 0.375. The Morgan fingerprint density at radius 1 is 1.64 bits per heavy atom. The number of nitrogens with one attached hydrogen (secondary N) is 1. The van der Waals surface area contributed by atoms with E-state index in [1.165, 1.54) is 0 Å². The van der Waals surface area contributed by atoms with Crippen molar-refractivity contribution in [3.8, 4) is 5.75 Å². The van der Waals surface area contributed by atoms with Crippen molar-refractivity contribution in [2.24, 2.45) is 5.18 Å². The largest absolute Gasteiger partial charge is 0.504 e. The van der Waals surface area contributed by atoms with Crippen LogP contribution in [0.15, 0.2) is 5.18 Å². The molecule has 0 saturated carbocycles. The lowest BCUT2D eigenvalue weighted by atomic mass is 10.2. The molecule has 2 N–H and O–H groups in total. The molecule has 1 aromatic heterocycles. The van der Waals surface area contributed by atoms with E-state index in [4.69, 9.17) is 0 Å². The molecule has 1 aromatic rings. The first-order chi connectivity index (χ1) is 6.61. The minimum atomic E-state index is -0.673. The van der Waals surface area contributed by atoms with E-state index < -0.39 is 11.7 Å². The zero-order valence-electron chi connectivity index (χ0n) is 7.83. The maximum atomic E-state index is 11.3. The molecule has 0 spiro atoms. The molecule has 0 amide bonds. The van der Waals surface area contributed by atoms with Crippen molar-refractivity contribution in [1.82, 2.24) is 4.98 Å². The Morgan fingerprint density at radius 3 is 2.71 bits per heavy atom. The zero-order valence-corrected chi connectivity index (χ0v) is 7.83. The fourth-order valence-electron chi connectivity index (χ4n) is 1.11. The molecular weight excluding hydrogens is 188 g/mol. The van der Waals surface area contributed by atoms with Crippen LogP contribution in [0.5, 0.6) is 5.75 Å². The van der Waals surface area contributed by atoms with Crippen molar-refractivity contribution < 1.29 is 14.6 Å². The van der Waals surface area contributed by atoms with Gasteiger partial charge < -0.3 is 14.8 Å². The monoisotopic (exact) mass is 198 g/mol. The van der Waals surface area contributed by atoms with E-state index in [-0.39, 0.29) is 18.0 Å². The second kappa shape index (κ2) is 3.91. The first-order valence-corrected chi connectivity index (χ1v) is 4.03. The number of hydrogen-bond donors (Lipinski definition) is 2. The Bertz CT molecular complexity index is 370. The number of H-pyrrole nitrogens is 1. The molecule has 0 bridgehead atoms. The Morgan fingerprint density at radius 2 is 2.29 bits per heavy atom. The second-order valence-electron chi connectivity index (χ2n) is 2.63. The summed E-state index contributed by atoms with van der Waals surface area (Å²) >= 11 is 0. The Balaban J connectivity index is 3.13. The summed E-state index contributed by atoms with van der Waals surface area (Å²) in [5, 5.41) is 11.9. The number of nitrogens with zero attached hydrogens (tertiary/aromatic N) is 1. The standard InChI is InChI=1S/C8H10N2O4/c1-3-14-8(12)5-4(2)9-7(10-13)6(5)11/h9,11H,3H2,1-2H3. The third kappa shape index (κ3) is 1.59. The lowest BCUT2D eigenvalue weighted by molar-refractivity contribution is 0.0522. The summed E-state index contributed by atoms with van der Waals surface area (Å²) in [5.41, 5.74) is 0.317. The van der Waals surface area contributed by atoms with Gasteiger partial charge >= 0.3 is 5.97 Å². The van der Waals surface area contributed by atoms with Gasteiger partial charge in [0, 0.05) is 5.69 Å². The normalized spacial score (nSPS) is 9.86. The van der Waals surface area contributed by atoms with Crippen molar-refractivity contribution in [2.45, 2.75) is 13.8 Å². The Kier molecular flexibility index (Phi) is 2.85. The van der Waals surface area contributed by atoms with Crippen LogP contribution in [0.3, 0.4) is 0 Å². The molecule has 0 unspecified atom stereocenters. The van der Waals surface area contributed by atoms with Gasteiger partial charge in [0.05, 0.1) is 6.61 Å². The van der Waals surface area contributed by atoms with Crippen LogP contribution in [-0.2, 0) is 4.74 Å². The summed E-state index contributed by atoms with van der Waals surface area (Å²) in [6, 6.07) is 0. The maximum absolute atomic E-state index is 11.3. The summed E-state index contributed by atoms with van der Waals surface area (Å²) < 4.78 is 4.68. The molecule has 14 heavy (non-hydrogen) atoms. The highest BCUT2D eigenvalue weighted by molar-refractivity contribution is 5.95. The van der Waals surface area contributed by atoms with Crippen molar-refractivity contribution in [3.05, 3.63) is 16.2 Å². The minimum absolute atomic E-state index is 0.0403. The van der Waals surface area contributed by atoms with Crippen LogP contribution >= 0.6 is 0 Å². The van der Waals surface area contributed by atoms with Gasteiger partial charge in [-0.3, -0.25) is 0 Å². The topological polar surface area (TPSA) is 91.8 Å². The van der Waals surface area contributed by atoms with Gasteiger partial charge in [-0.1, -0.05) is 0 Å². The van der Waals surface area contributed by atoms with Gasteiger partial charge in [-0.05, 0) is 19.0 Å². The van der Waals surface area contributed by atoms with Gasteiger partial charge in [0.1, 0.15) is 5.56 Å². The van der Waals surface area contributed by atoms with Gasteiger partial charge in [0.2, 0.25) is 5.82 Å². The smallest absolute Gasteiger partial charge is 0.343 e. The summed E-state index contributed by atoms with van der Waals surface area (Å²) in [6.45, 7) is 3.39. The van der Waals surface area contributed by atoms with Crippen molar-refractivity contribution in [2.75, 3.05) is 6.61 Å². The van der Waals surface area contributed by atoms with Gasteiger partial charge in [-0.25, -0.2) is 4.79 Å². The summed E-state index contributed by atoms with van der Waals surface area (Å²) in [4.78, 5) is 23.9. The average molecular weight is 198 g/mol. The number of esters is 1. The van der Waals surface area contributed by atoms with Crippen LogP contribution in [0.2, 0.25) is 0 Å². The van der Waals surface area contributed by atoms with E-state index in [0.717, 1.165) is 0 Å². The molecule has 6 heteroatoms. The van der Waals surface area contributed by atoms with Crippen molar-refractivity contribution >= 4 is 11.8 Å².